The quantitative estimate of drug-likeness (QED) is 0.534. The number of hydrogen-bond acceptors (Lipinski definition) is 5. The average molecular weight is 466 g/mol. The molecule has 33 heavy (non-hydrogen) atoms. The number of halogens is 1. The summed E-state index contributed by atoms with van der Waals surface area (Å²) in [7, 11) is 1.57. The van der Waals surface area contributed by atoms with Crippen LogP contribution in [0.4, 0.5) is 5.69 Å². The molecule has 2 aromatic carbocycles. The van der Waals surface area contributed by atoms with Crippen LogP contribution >= 0.6 is 11.6 Å². The molecule has 4 rings (SSSR count). The number of carbonyl (C=O) groups excluding carboxylic acids is 2. The number of anilines is 1. The van der Waals surface area contributed by atoms with Gasteiger partial charge in [0.1, 0.15) is 6.61 Å². The number of carbonyl (C=O) groups is 2. The number of pyridine rings is 1. The summed E-state index contributed by atoms with van der Waals surface area (Å²) in [6, 6.07) is 14.3. The van der Waals surface area contributed by atoms with E-state index in [1.54, 1.807) is 42.6 Å². The summed E-state index contributed by atoms with van der Waals surface area (Å²) in [6.45, 7) is 1.26. The van der Waals surface area contributed by atoms with Gasteiger partial charge >= 0.3 is 0 Å². The molecule has 0 bridgehead atoms. The van der Waals surface area contributed by atoms with Gasteiger partial charge in [0.2, 0.25) is 5.91 Å². The third-order valence-electron chi connectivity index (χ3n) is 5.39. The van der Waals surface area contributed by atoms with Crippen molar-refractivity contribution in [3.05, 3.63) is 82.6 Å². The maximum atomic E-state index is 12.9. The molecule has 7 nitrogen and oxygen atoms in total. The van der Waals surface area contributed by atoms with E-state index in [1.807, 2.05) is 30.3 Å². The SMILES string of the molecule is COc1cc(CNC(=O)c2ccc(Cl)cc2N2CCCC2=O)ccc1OCc1ccncc1. The maximum Gasteiger partial charge on any atom is 0.253 e. The van der Waals surface area contributed by atoms with Crippen molar-refractivity contribution in [1.82, 2.24) is 10.3 Å². The fourth-order valence-electron chi connectivity index (χ4n) is 3.68. The number of nitrogens with one attached hydrogen (secondary N) is 1. The minimum atomic E-state index is -0.279. The molecule has 2 heterocycles. The van der Waals surface area contributed by atoms with Crippen LogP contribution in [0.5, 0.6) is 11.5 Å². The predicted octanol–water partition coefficient (Wildman–Crippen LogP) is 4.38. The Bertz CT molecular complexity index is 1150. The van der Waals surface area contributed by atoms with E-state index in [1.165, 1.54) is 0 Å². The summed E-state index contributed by atoms with van der Waals surface area (Å²) in [4.78, 5) is 30.8. The van der Waals surface area contributed by atoms with Gasteiger partial charge in [-0.25, -0.2) is 0 Å². The van der Waals surface area contributed by atoms with Crippen molar-refractivity contribution in [3.63, 3.8) is 0 Å². The van der Waals surface area contributed by atoms with Crippen LogP contribution < -0.4 is 19.7 Å². The Morgan fingerprint density at radius 1 is 1.09 bits per heavy atom. The van der Waals surface area contributed by atoms with Gasteiger partial charge in [-0.3, -0.25) is 14.6 Å². The summed E-state index contributed by atoms with van der Waals surface area (Å²) < 4.78 is 11.3. The lowest BCUT2D eigenvalue weighted by molar-refractivity contribution is -0.117. The molecule has 170 valence electrons. The Morgan fingerprint density at radius 3 is 2.64 bits per heavy atom. The first kappa shape index (κ1) is 22.6. The normalized spacial score (nSPS) is 13.2. The van der Waals surface area contributed by atoms with Crippen molar-refractivity contribution in [2.24, 2.45) is 0 Å². The number of ether oxygens (including phenoxy) is 2. The lowest BCUT2D eigenvalue weighted by Crippen LogP contribution is -2.29. The van der Waals surface area contributed by atoms with E-state index in [4.69, 9.17) is 21.1 Å². The number of methoxy groups -OCH3 is 1. The van der Waals surface area contributed by atoms with Crippen LogP contribution in [-0.2, 0) is 17.9 Å². The van der Waals surface area contributed by atoms with E-state index >= 15 is 0 Å². The van der Waals surface area contributed by atoms with Crippen molar-refractivity contribution < 1.29 is 19.1 Å². The van der Waals surface area contributed by atoms with Gasteiger partial charge < -0.3 is 19.7 Å². The van der Waals surface area contributed by atoms with E-state index in [2.05, 4.69) is 10.3 Å². The monoisotopic (exact) mass is 465 g/mol. The second-order valence-electron chi connectivity index (χ2n) is 7.62. The van der Waals surface area contributed by atoms with Crippen molar-refractivity contribution in [2.75, 3.05) is 18.6 Å². The first-order valence-electron chi connectivity index (χ1n) is 10.6. The highest BCUT2D eigenvalue weighted by atomic mass is 35.5. The highest BCUT2D eigenvalue weighted by Gasteiger charge is 2.26. The van der Waals surface area contributed by atoms with Crippen LogP contribution in [0.2, 0.25) is 5.02 Å². The van der Waals surface area contributed by atoms with E-state index in [0.717, 1.165) is 17.5 Å². The first-order valence-corrected chi connectivity index (χ1v) is 11.0. The standard InChI is InChI=1S/C25H24ClN3O4/c1-32-23-13-18(4-7-22(23)33-16-17-8-10-27-11-9-17)15-28-25(31)20-6-5-19(26)14-21(20)29-12-2-3-24(29)30/h4-11,13-14H,2-3,12,15-16H2,1H3,(H,28,31). The van der Waals surface area contributed by atoms with Gasteiger partial charge in [-0.05, 0) is 60.0 Å². The molecule has 0 atom stereocenters. The molecule has 2 amide bonds. The molecule has 8 heteroatoms. The Hall–Kier alpha value is -3.58. The van der Waals surface area contributed by atoms with E-state index in [9.17, 15) is 9.59 Å². The third kappa shape index (κ3) is 5.43. The van der Waals surface area contributed by atoms with Crippen LogP contribution in [0.3, 0.4) is 0 Å². The summed E-state index contributed by atoms with van der Waals surface area (Å²) >= 11 is 6.14. The molecule has 1 aromatic heterocycles. The summed E-state index contributed by atoms with van der Waals surface area (Å²) in [5.41, 5.74) is 2.81. The minimum absolute atomic E-state index is 0.00147. The largest absolute Gasteiger partial charge is 0.493 e. The highest BCUT2D eigenvalue weighted by molar-refractivity contribution is 6.31. The van der Waals surface area contributed by atoms with Crippen molar-refractivity contribution in [2.45, 2.75) is 26.0 Å². The number of hydrogen-bond donors (Lipinski definition) is 1. The molecule has 0 spiro atoms. The zero-order valence-corrected chi connectivity index (χ0v) is 19.0. The van der Waals surface area contributed by atoms with Gasteiger partial charge in [0.15, 0.2) is 11.5 Å². The number of amides is 2. The number of benzene rings is 2. The number of rotatable bonds is 8. The molecule has 1 saturated heterocycles. The minimum Gasteiger partial charge on any atom is -0.493 e. The van der Waals surface area contributed by atoms with Gasteiger partial charge in [-0.1, -0.05) is 17.7 Å². The van der Waals surface area contributed by atoms with Crippen LogP contribution in [-0.4, -0.2) is 30.5 Å². The lowest BCUT2D eigenvalue weighted by atomic mass is 10.1. The maximum absolute atomic E-state index is 12.9. The van der Waals surface area contributed by atoms with Gasteiger partial charge in [-0.2, -0.15) is 0 Å². The first-order chi connectivity index (χ1) is 16.0. The zero-order valence-electron chi connectivity index (χ0n) is 18.2. The van der Waals surface area contributed by atoms with E-state index in [-0.39, 0.29) is 18.4 Å². The molecule has 0 radical (unpaired) electrons. The Labute approximate surface area is 197 Å². The number of aromatic nitrogens is 1. The van der Waals surface area contributed by atoms with Crippen LogP contribution in [0.1, 0.15) is 34.3 Å². The van der Waals surface area contributed by atoms with Gasteiger partial charge in [0, 0.05) is 36.9 Å². The topological polar surface area (TPSA) is 80.8 Å². The molecule has 1 fully saturated rings. The zero-order chi connectivity index (χ0) is 23.2. The van der Waals surface area contributed by atoms with Gasteiger partial charge in [-0.15, -0.1) is 0 Å². The molecular weight excluding hydrogens is 442 g/mol. The van der Waals surface area contributed by atoms with E-state index in [0.29, 0.717) is 47.3 Å². The smallest absolute Gasteiger partial charge is 0.253 e. The molecular formula is C25H24ClN3O4. The Kier molecular flexibility index (Phi) is 7.10. The second-order valence-corrected chi connectivity index (χ2v) is 8.06. The summed E-state index contributed by atoms with van der Waals surface area (Å²) in [6.07, 6.45) is 4.67. The van der Waals surface area contributed by atoms with Crippen LogP contribution in [0.25, 0.3) is 0 Å². The van der Waals surface area contributed by atoms with Crippen LogP contribution in [0, 0.1) is 0 Å². The highest BCUT2D eigenvalue weighted by Crippen LogP contribution is 2.30. The van der Waals surface area contributed by atoms with Gasteiger partial charge in [0.05, 0.1) is 18.4 Å². The molecule has 0 aliphatic carbocycles. The fraction of sp³-hybridized carbons (Fsp3) is 0.240. The molecule has 3 aromatic rings. The summed E-state index contributed by atoms with van der Waals surface area (Å²) in [5, 5.41) is 3.40. The van der Waals surface area contributed by atoms with Crippen molar-refractivity contribution in [3.8, 4) is 11.5 Å². The molecule has 1 N–H and O–H groups in total. The van der Waals surface area contributed by atoms with Crippen LogP contribution in [0.15, 0.2) is 60.9 Å². The lowest BCUT2D eigenvalue weighted by Gasteiger charge is -2.20. The van der Waals surface area contributed by atoms with Crippen molar-refractivity contribution >= 4 is 29.1 Å². The molecule has 0 saturated carbocycles. The Balaban J connectivity index is 1.44. The predicted molar refractivity (Wildman–Crippen MR) is 126 cm³/mol. The Morgan fingerprint density at radius 2 is 1.91 bits per heavy atom. The molecule has 1 aliphatic heterocycles. The third-order valence-corrected chi connectivity index (χ3v) is 5.63. The van der Waals surface area contributed by atoms with Gasteiger partial charge in [0.25, 0.3) is 5.91 Å². The molecule has 0 unspecified atom stereocenters. The second kappa shape index (κ2) is 10.4. The number of nitrogens with zero attached hydrogens (tertiary/aromatic N) is 2. The molecule has 1 aliphatic rings. The van der Waals surface area contributed by atoms with Crippen molar-refractivity contribution in [1.29, 1.82) is 0 Å². The average Bonchev–Trinajstić information content (AvgIpc) is 3.27. The fourth-order valence-corrected chi connectivity index (χ4v) is 3.85. The summed E-state index contributed by atoms with van der Waals surface area (Å²) in [5.74, 6) is 0.902. The van der Waals surface area contributed by atoms with E-state index < -0.39 is 0 Å².